The van der Waals surface area contributed by atoms with E-state index in [9.17, 15) is 17.6 Å². The van der Waals surface area contributed by atoms with Gasteiger partial charge in [0.2, 0.25) is 10.0 Å². The van der Waals surface area contributed by atoms with Crippen molar-refractivity contribution in [1.82, 2.24) is 5.32 Å². The summed E-state index contributed by atoms with van der Waals surface area (Å²) in [5, 5.41) is 2.58. The van der Waals surface area contributed by atoms with E-state index in [4.69, 9.17) is 0 Å². The van der Waals surface area contributed by atoms with Gasteiger partial charge in [0.05, 0.1) is 24.1 Å². The summed E-state index contributed by atoms with van der Waals surface area (Å²) < 4.78 is 39.5. The van der Waals surface area contributed by atoms with Gasteiger partial charge in [-0.1, -0.05) is 29.8 Å². The maximum Gasteiger partial charge on any atom is 0.254 e. The molecule has 0 radical (unpaired) electrons. The van der Waals surface area contributed by atoms with E-state index in [1.165, 1.54) is 22.5 Å². The van der Waals surface area contributed by atoms with Crippen LogP contribution in [0.1, 0.15) is 27.0 Å². The van der Waals surface area contributed by atoms with Crippen LogP contribution in [0.2, 0.25) is 0 Å². The Bertz CT molecular complexity index is 903. The van der Waals surface area contributed by atoms with Crippen LogP contribution < -0.4 is 9.62 Å². The van der Waals surface area contributed by atoms with Crippen LogP contribution in [0.3, 0.4) is 0 Å². The van der Waals surface area contributed by atoms with Crippen LogP contribution in [0.5, 0.6) is 0 Å². The molecule has 0 unspecified atom stereocenters. The van der Waals surface area contributed by atoms with Gasteiger partial charge in [-0.15, -0.1) is 0 Å². The number of carbonyl (C=O) groups is 1. The molecule has 140 valence electrons. The number of benzene rings is 2. The van der Waals surface area contributed by atoms with Crippen LogP contribution >= 0.6 is 0 Å². The summed E-state index contributed by atoms with van der Waals surface area (Å²) in [4.78, 5) is 12.1. The molecular formula is C19H23FN2O3S. The summed E-state index contributed by atoms with van der Waals surface area (Å²) in [5.74, 6) is -1.19. The Balaban J connectivity index is 2.19. The Kier molecular flexibility index (Phi) is 6.02. The van der Waals surface area contributed by atoms with Gasteiger partial charge in [-0.05, 0) is 44.0 Å². The third-order valence-electron chi connectivity index (χ3n) is 4.00. The fourth-order valence-corrected chi connectivity index (χ4v) is 4.06. The predicted molar refractivity (Wildman–Crippen MR) is 102 cm³/mol. The summed E-state index contributed by atoms with van der Waals surface area (Å²) in [5.41, 5.74) is 3.27. The molecule has 0 bridgehead atoms. The van der Waals surface area contributed by atoms with Crippen molar-refractivity contribution in [3.05, 3.63) is 64.5 Å². The SMILES string of the molecule is Cc1cc(C)c(N(CCNC(=O)c2ccccc2F)S(C)(=O)=O)c(C)c1. The van der Waals surface area contributed by atoms with Crippen molar-refractivity contribution in [3.8, 4) is 0 Å². The number of hydrogen-bond donors (Lipinski definition) is 1. The quantitative estimate of drug-likeness (QED) is 0.840. The van der Waals surface area contributed by atoms with Crippen molar-refractivity contribution >= 4 is 21.6 Å². The fourth-order valence-electron chi connectivity index (χ4n) is 3.02. The van der Waals surface area contributed by atoms with Crippen LogP contribution in [-0.4, -0.2) is 33.7 Å². The van der Waals surface area contributed by atoms with Crippen molar-refractivity contribution in [2.24, 2.45) is 0 Å². The smallest absolute Gasteiger partial charge is 0.254 e. The van der Waals surface area contributed by atoms with Gasteiger partial charge in [-0.25, -0.2) is 12.8 Å². The Hall–Kier alpha value is -2.41. The lowest BCUT2D eigenvalue weighted by atomic mass is 10.1. The Morgan fingerprint density at radius 3 is 2.23 bits per heavy atom. The second-order valence-electron chi connectivity index (χ2n) is 6.32. The van der Waals surface area contributed by atoms with Crippen LogP contribution in [0.4, 0.5) is 10.1 Å². The molecule has 0 aromatic heterocycles. The molecule has 2 rings (SSSR count). The molecular weight excluding hydrogens is 355 g/mol. The van der Waals surface area contributed by atoms with E-state index >= 15 is 0 Å². The number of hydrogen-bond acceptors (Lipinski definition) is 3. The van der Waals surface area contributed by atoms with Gasteiger partial charge in [0, 0.05) is 6.54 Å². The Morgan fingerprint density at radius 2 is 1.69 bits per heavy atom. The number of rotatable bonds is 6. The second kappa shape index (κ2) is 7.86. The van der Waals surface area contributed by atoms with Crippen LogP contribution in [0, 0.1) is 26.6 Å². The molecule has 0 aliphatic carbocycles. The normalized spacial score (nSPS) is 11.3. The highest BCUT2D eigenvalue weighted by Gasteiger charge is 2.21. The van der Waals surface area contributed by atoms with Gasteiger partial charge in [-0.3, -0.25) is 9.10 Å². The van der Waals surface area contributed by atoms with Crippen LogP contribution in [0.15, 0.2) is 36.4 Å². The fraction of sp³-hybridized carbons (Fsp3) is 0.316. The molecule has 0 saturated heterocycles. The number of halogens is 1. The minimum atomic E-state index is -3.54. The first-order valence-electron chi connectivity index (χ1n) is 8.19. The first-order chi connectivity index (χ1) is 12.1. The average molecular weight is 378 g/mol. The highest BCUT2D eigenvalue weighted by atomic mass is 32.2. The Morgan fingerprint density at radius 1 is 1.12 bits per heavy atom. The molecule has 0 fully saturated rings. The minimum Gasteiger partial charge on any atom is -0.350 e. The number of carbonyl (C=O) groups excluding carboxylic acids is 1. The number of aryl methyl sites for hydroxylation is 3. The second-order valence-corrected chi connectivity index (χ2v) is 8.23. The molecule has 0 heterocycles. The zero-order valence-corrected chi connectivity index (χ0v) is 16.2. The molecule has 2 aromatic rings. The molecule has 1 N–H and O–H groups in total. The number of anilines is 1. The monoisotopic (exact) mass is 378 g/mol. The largest absolute Gasteiger partial charge is 0.350 e. The van der Waals surface area contributed by atoms with E-state index in [1.54, 1.807) is 6.07 Å². The molecule has 2 aromatic carbocycles. The van der Waals surface area contributed by atoms with Crippen molar-refractivity contribution in [1.29, 1.82) is 0 Å². The van der Waals surface area contributed by atoms with Gasteiger partial charge in [-0.2, -0.15) is 0 Å². The molecule has 0 saturated carbocycles. The van der Waals surface area contributed by atoms with Crippen molar-refractivity contribution in [2.45, 2.75) is 20.8 Å². The summed E-state index contributed by atoms with van der Waals surface area (Å²) in [6.07, 6.45) is 1.13. The van der Waals surface area contributed by atoms with Gasteiger partial charge in [0.25, 0.3) is 5.91 Å². The summed E-state index contributed by atoms with van der Waals surface area (Å²) in [6.45, 7) is 5.77. The highest BCUT2D eigenvalue weighted by Crippen LogP contribution is 2.27. The lowest BCUT2D eigenvalue weighted by Gasteiger charge is -2.26. The molecule has 7 heteroatoms. The van der Waals surface area contributed by atoms with Gasteiger partial charge in [0.1, 0.15) is 5.82 Å². The molecule has 0 aliphatic heterocycles. The number of nitrogens with zero attached hydrogens (tertiary/aromatic N) is 1. The highest BCUT2D eigenvalue weighted by molar-refractivity contribution is 7.92. The van der Waals surface area contributed by atoms with E-state index in [-0.39, 0.29) is 18.7 Å². The predicted octanol–water partition coefficient (Wildman–Crippen LogP) is 2.95. The van der Waals surface area contributed by atoms with Gasteiger partial charge in [0.15, 0.2) is 0 Å². The average Bonchev–Trinajstić information content (AvgIpc) is 2.51. The van der Waals surface area contributed by atoms with Crippen molar-refractivity contribution < 1.29 is 17.6 Å². The number of nitrogens with one attached hydrogen (secondary N) is 1. The minimum absolute atomic E-state index is 0.0593. The maximum atomic E-state index is 13.7. The van der Waals surface area contributed by atoms with Gasteiger partial charge < -0.3 is 5.32 Å². The standard InChI is InChI=1S/C19H23FN2O3S/c1-13-11-14(2)18(15(3)12-13)22(26(4,24)25)10-9-21-19(23)16-7-5-6-8-17(16)20/h5-8,11-12H,9-10H2,1-4H3,(H,21,23). The van der Waals surface area contributed by atoms with E-state index in [2.05, 4.69) is 5.32 Å². The summed E-state index contributed by atoms with van der Waals surface area (Å²) in [6, 6.07) is 9.49. The third-order valence-corrected chi connectivity index (χ3v) is 5.17. The summed E-state index contributed by atoms with van der Waals surface area (Å²) >= 11 is 0. The van der Waals surface area contributed by atoms with E-state index < -0.39 is 21.7 Å². The van der Waals surface area contributed by atoms with Crippen molar-refractivity contribution in [3.63, 3.8) is 0 Å². The maximum absolute atomic E-state index is 13.7. The topological polar surface area (TPSA) is 66.5 Å². The third kappa shape index (κ3) is 4.60. The molecule has 1 amide bonds. The molecule has 26 heavy (non-hydrogen) atoms. The molecule has 5 nitrogen and oxygen atoms in total. The zero-order chi connectivity index (χ0) is 19.5. The van der Waals surface area contributed by atoms with Crippen LogP contribution in [-0.2, 0) is 10.0 Å². The zero-order valence-electron chi connectivity index (χ0n) is 15.3. The molecule has 0 spiro atoms. The first-order valence-corrected chi connectivity index (χ1v) is 10.0. The first kappa shape index (κ1) is 19.9. The van der Waals surface area contributed by atoms with Crippen LogP contribution in [0.25, 0.3) is 0 Å². The van der Waals surface area contributed by atoms with Crippen molar-refractivity contribution in [2.75, 3.05) is 23.7 Å². The van der Waals surface area contributed by atoms with E-state index in [0.717, 1.165) is 22.9 Å². The van der Waals surface area contributed by atoms with Gasteiger partial charge >= 0.3 is 0 Å². The molecule has 0 atom stereocenters. The summed E-state index contributed by atoms with van der Waals surface area (Å²) in [7, 11) is -3.54. The number of sulfonamides is 1. The lowest BCUT2D eigenvalue weighted by Crippen LogP contribution is -2.39. The lowest BCUT2D eigenvalue weighted by molar-refractivity contribution is 0.0951. The van der Waals surface area contributed by atoms with E-state index in [1.807, 2.05) is 32.9 Å². The number of amides is 1. The Labute approximate surface area is 153 Å². The van der Waals surface area contributed by atoms with E-state index in [0.29, 0.717) is 5.69 Å². The molecule has 0 aliphatic rings.